The van der Waals surface area contributed by atoms with Crippen molar-refractivity contribution in [1.82, 2.24) is 19.5 Å². The first kappa shape index (κ1) is 17.5. The van der Waals surface area contributed by atoms with Gasteiger partial charge in [0.1, 0.15) is 24.3 Å². The second kappa shape index (κ2) is 7.42. The Morgan fingerprint density at radius 3 is 2.72 bits per heavy atom. The Morgan fingerprint density at radius 2 is 1.90 bits per heavy atom. The van der Waals surface area contributed by atoms with Crippen LogP contribution in [0.15, 0.2) is 49.3 Å². The fourth-order valence-electron chi connectivity index (χ4n) is 3.64. The lowest BCUT2D eigenvalue weighted by Gasteiger charge is -2.32. The van der Waals surface area contributed by atoms with Crippen LogP contribution >= 0.6 is 0 Å². The molecule has 29 heavy (non-hydrogen) atoms. The number of carbonyl (C=O) groups excluding carboxylic acids is 1. The van der Waals surface area contributed by atoms with E-state index in [0.29, 0.717) is 11.5 Å². The molecule has 0 atom stereocenters. The minimum absolute atomic E-state index is 0.0327. The number of ether oxygens (including phenoxy) is 2. The molecule has 0 aliphatic carbocycles. The maximum atomic E-state index is 12.7. The molecule has 1 amide bonds. The van der Waals surface area contributed by atoms with Crippen LogP contribution in [-0.2, 0) is 4.79 Å². The smallest absolute Gasteiger partial charge is 0.231 e. The van der Waals surface area contributed by atoms with Gasteiger partial charge < -0.3 is 19.7 Å². The molecule has 0 unspecified atom stereocenters. The summed E-state index contributed by atoms with van der Waals surface area (Å²) in [5.41, 5.74) is 0.724. The molecule has 0 bridgehead atoms. The van der Waals surface area contributed by atoms with Gasteiger partial charge in [-0.1, -0.05) is 0 Å². The highest BCUT2D eigenvalue weighted by molar-refractivity contribution is 5.93. The number of benzene rings is 1. The molecule has 148 valence electrons. The zero-order chi connectivity index (χ0) is 19.6. The molecule has 2 aliphatic heterocycles. The van der Waals surface area contributed by atoms with Crippen LogP contribution in [0.1, 0.15) is 12.8 Å². The minimum atomic E-state index is -0.0355. The maximum Gasteiger partial charge on any atom is 0.231 e. The molecule has 1 aromatic carbocycles. The Balaban J connectivity index is 1.20. The van der Waals surface area contributed by atoms with Crippen molar-refractivity contribution in [3.63, 3.8) is 0 Å². The normalized spacial score (nSPS) is 16.1. The summed E-state index contributed by atoms with van der Waals surface area (Å²) in [7, 11) is 0. The van der Waals surface area contributed by atoms with Gasteiger partial charge in [-0.3, -0.25) is 9.36 Å². The summed E-state index contributed by atoms with van der Waals surface area (Å²) in [6, 6.07) is 7.38. The van der Waals surface area contributed by atoms with E-state index in [1.54, 1.807) is 24.9 Å². The first-order valence-corrected chi connectivity index (χ1v) is 9.52. The van der Waals surface area contributed by atoms with Gasteiger partial charge in [-0.05, 0) is 25.0 Å². The van der Waals surface area contributed by atoms with Crippen LogP contribution < -0.4 is 19.7 Å². The topological polar surface area (TPSA) is 94.4 Å². The van der Waals surface area contributed by atoms with Crippen LogP contribution in [0.5, 0.6) is 11.5 Å². The van der Waals surface area contributed by atoms with Crippen molar-refractivity contribution >= 4 is 17.4 Å². The average Bonchev–Trinajstić information content (AvgIpc) is 3.46. The number of anilines is 2. The van der Waals surface area contributed by atoms with Gasteiger partial charge in [0.2, 0.25) is 12.7 Å². The lowest BCUT2D eigenvalue weighted by Crippen LogP contribution is -2.38. The maximum absolute atomic E-state index is 12.7. The van der Waals surface area contributed by atoms with Crippen molar-refractivity contribution in [1.29, 1.82) is 0 Å². The summed E-state index contributed by atoms with van der Waals surface area (Å²) in [5.74, 6) is 3.00. The van der Waals surface area contributed by atoms with Gasteiger partial charge in [0, 0.05) is 49.2 Å². The number of rotatable bonds is 4. The number of carbonyl (C=O) groups is 1. The lowest BCUT2D eigenvalue weighted by molar-refractivity contribution is -0.120. The number of hydrogen-bond donors (Lipinski definition) is 1. The summed E-state index contributed by atoms with van der Waals surface area (Å²) in [6.07, 6.45) is 8.36. The van der Waals surface area contributed by atoms with Crippen molar-refractivity contribution in [3.05, 3.63) is 49.3 Å². The molecule has 9 heteroatoms. The van der Waals surface area contributed by atoms with Gasteiger partial charge in [-0.25, -0.2) is 15.0 Å². The molecule has 1 N–H and O–H groups in total. The van der Waals surface area contributed by atoms with Crippen molar-refractivity contribution < 1.29 is 14.3 Å². The van der Waals surface area contributed by atoms with Gasteiger partial charge in [-0.2, -0.15) is 0 Å². The summed E-state index contributed by atoms with van der Waals surface area (Å²) in [4.78, 5) is 27.6. The van der Waals surface area contributed by atoms with Crippen molar-refractivity contribution in [2.45, 2.75) is 12.8 Å². The van der Waals surface area contributed by atoms with Gasteiger partial charge in [0.05, 0.1) is 0 Å². The van der Waals surface area contributed by atoms with E-state index in [4.69, 9.17) is 9.47 Å². The van der Waals surface area contributed by atoms with Gasteiger partial charge in [-0.15, -0.1) is 0 Å². The van der Waals surface area contributed by atoms with Crippen LogP contribution in [-0.4, -0.2) is 45.3 Å². The number of piperidine rings is 1. The highest BCUT2D eigenvalue weighted by Gasteiger charge is 2.26. The fraction of sp³-hybridized carbons (Fsp3) is 0.300. The highest BCUT2D eigenvalue weighted by Crippen LogP contribution is 2.34. The van der Waals surface area contributed by atoms with Crippen LogP contribution in [0.2, 0.25) is 0 Å². The van der Waals surface area contributed by atoms with Crippen LogP contribution in [0.4, 0.5) is 11.5 Å². The molecule has 4 heterocycles. The zero-order valence-corrected chi connectivity index (χ0v) is 15.7. The predicted molar refractivity (Wildman–Crippen MR) is 105 cm³/mol. The van der Waals surface area contributed by atoms with Crippen molar-refractivity contribution in [3.8, 4) is 17.3 Å². The molecule has 3 aromatic rings. The van der Waals surface area contributed by atoms with Crippen molar-refractivity contribution in [2.75, 3.05) is 30.1 Å². The molecule has 9 nitrogen and oxygen atoms in total. The van der Waals surface area contributed by atoms with Gasteiger partial charge in [0.25, 0.3) is 0 Å². The second-order valence-electron chi connectivity index (χ2n) is 7.02. The third-order valence-corrected chi connectivity index (χ3v) is 5.24. The number of aromatic nitrogens is 4. The number of amides is 1. The number of fused-ring (bicyclic) bond motifs is 1. The summed E-state index contributed by atoms with van der Waals surface area (Å²) >= 11 is 0. The first-order valence-electron chi connectivity index (χ1n) is 9.52. The molecule has 1 saturated heterocycles. The Kier molecular flexibility index (Phi) is 4.47. The van der Waals surface area contributed by atoms with Gasteiger partial charge in [0.15, 0.2) is 11.5 Å². The van der Waals surface area contributed by atoms with Crippen molar-refractivity contribution in [2.24, 2.45) is 5.92 Å². The Bertz CT molecular complexity index is 1010. The predicted octanol–water partition coefficient (Wildman–Crippen LogP) is 2.25. The first-order chi connectivity index (χ1) is 14.3. The number of imidazole rings is 1. The van der Waals surface area contributed by atoms with Gasteiger partial charge >= 0.3 is 0 Å². The molecule has 1 fully saturated rings. The van der Waals surface area contributed by atoms with E-state index in [-0.39, 0.29) is 18.6 Å². The lowest BCUT2D eigenvalue weighted by atomic mass is 9.96. The standard InChI is InChI=1S/C20H20N6O3/c27-20(24-15-1-2-16-17(9-15)29-13-28-16)14-3-6-25(7-4-14)18-10-19(23-11-22-18)26-8-5-21-12-26/h1-2,5,8-12,14H,3-4,6-7,13H2,(H,24,27). The molecule has 2 aromatic heterocycles. The summed E-state index contributed by atoms with van der Waals surface area (Å²) in [5, 5.41) is 2.99. The second-order valence-corrected chi connectivity index (χ2v) is 7.02. The Labute approximate surface area is 167 Å². The van der Waals surface area contributed by atoms with E-state index in [9.17, 15) is 4.79 Å². The largest absolute Gasteiger partial charge is 0.454 e. The fourth-order valence-corrected chi connectivity index (χ4v) is 3.64. The number of nitrogens with zero attached hydrogens (tertiary/aromatic N) is 5. The molecule has 0 spiro atoms. The Hall–Kier alpha value is -3.62. The SMILES string of the molecule is O=C(Nc1ccc2c(c1)OCO2)C1CCN(c2cc(-n3ccnc3)ncn2)CC1. The summed E-state index contributed by atoms with van der Waals surface area (Å²) < 4.78 is 12.5. The van der Waals surface area contributed by atoms with E-state index in [1.807, 2.05) is 29.0 Å². The molecule has 0 radical (unpaired) electrons. The Morgan fingerprint density at radius 1 is 1.07 bits per heavy atom. The van der Waals surface area contributed by atoms with Crippen LogP contribution in [0.25, 0.3) is 5.82 Å². The summed E-state index contributed by atoms with van der Waals surface area (Å²) in [6.45, 7) is 1.75. The van der Waals surface area contributed by atoms with Crippen LogP contribution in [0, 0.1) is 5.92 Å². The third-order valence-electron chi connectivity index (χ3n) is 5.24. The average molecular weight is 392 g/mol. The molecule has 5 rings (SSSR count). The minimum Gasteiger partial charge on any atom is -0.454 e. The monoisotopic (exact) mass is 392 g/mol. The van der Waals surface area contributed by atoms with E-state index in [2.05, 4.69) is 25.2 Å². The number of nitrogens with one attached hydrogen (secondary N) is 1. The molecule has 2 aliphatic rings. The molecular weight excluding hydrogens is 372 g/mol. The van der Waals surface area contributed by atoms with E-state index in [1.165, 1.54) is 0 Å². The quantitative estimate of drug-likeness (QED) is 0.728. The van der Waals surface area contributed by atoms with E-state index >= 15 is 0 Å². The van der Waals surface area contributed by atoms with E-state index < -0.39 is 0 Å². The highest BCUT2D eigenvalue weighted by atomic mass is 16.7. The molecule has 0 saturated carbocycles. The van der Waals surface area contributed by atoms with E-state index in [0.717, 1.165) is 43.3 Å². The molecular formula is C20H20N6O3. The van der Waals surface area contributed by atoms with Crippen LogP contribution in [0.3, 0.4) is 0 Å². The zero-order valence-electron chi connectivity index (χ0n) is 15.7. The number of hydrogen-bond acceptors (Lipinski definition) is 7. The third kappa shape index (κ3) is 3.58.